The van der Waals surface area contributed by atoms with E-state index in [1.807, 2.05) is 6.07 Å². The van der Waals surface area contributed by atoms with Crippen LogP contribution in [0.1, 0.15) is 27.7 Å². The third kappa shape index (κ3) is 2.61. The highest BCUT2D eigenvalue weighted by Gasteiger charge is 2.44. The van der Waals surface area contributed by atoms with E-state index in [-0.39, 0.29) is 11.2 Å². The Kier molecular flexibility index (Phi) is 4.29. The lowest BCUT2D eigenvalue weighted by Gasteiger charge is -2.23. The molecule has 0 aliphatic carbocycles. The van der Waals surface area contributed by atoms with Crippen LogP contribution >= 0.6 is 11.3 Å². The molecule has 7 nitrogen and oxygen atoms in total. The van der Waals surface area contributed by atoms with Crippen molar-refractivity contribution in [2.75, 3.05) is 19.1 Å². The number of ether oxygens (including phenoxy) is 2. The van der Waals surface area contributed by atoms with Crippen LogP contribution in [0.25, 0.3) is 11.0 Å². The van der Waals surface area contributed by atoms with Crippen LogP contribution in [0.5, 0.6) is 11.5 Å². The van der Waals surface area contributed by atoms with Crippen LogP contribution in [0.3, 0.4) is 0 Å². The molecule has 1 atom stereocenters. The van der Waals surface area contributed by atoms with E-state index in [1.54, 1.807) is 55.1 Å². The molecule has 30 heavy (non-hydrogen) atoms. The largest absolute Gasteiger partial charge is 0.493 e. The van der Waals surface area contributed by atoms with Crippen molar-refractivity contribution in [2.24, 2.45) is 0 Å². The van der Waals surface area contributed by atoms with Gasteiger partial charge in [-0.05, 0) is 29.8 Å². The fourth-order valence-electron chi connectivity index (χ4n) is 3.79. The lowest BCUT2D eigenvalue weighted by Crippen LogP contribution is -2.29. The van der Waals surface area contributed by atoms with Crippen molar-refractivity contribution in [1.29, 1.82) is 0 Å². The van der Waals surface area contributed by atoms with Gasteiger partial charge in [-0.3, -0.25) is 14.5 Å². The van der Waals surface area contributed by atoms with Gasteiger partial charge in [-0.1, -0.05) is 18.2 Å². The van der Waals surface area contributed by atoms with Gasteiger partial charge in [0.05, 0.1) is 31.2 Å². The average Bonchev–Trinajstić information content (AvgIpc) is 3.40. The van der Waals surface area contributed by atoms with Crippen molar-refractivity contribution in [2.45, 2.75) is 6.04 Å². The van der Waals surface area contributed by atoms with E-state index in [0.29, 0.717) is 38.7 Å². The van der Waals surface area contributed by atoms with Crippen molar-refractivity contribution in [1.82, 2.24) is 4.98 Å². The van der Waals surface area contributed by atoms with Crippen molar-refractivity contribution in [3.05, 3.63) is 81.2 Å². The van der Waals surface area contributed by atoms with E-state index in [4.69, 9.17) is 13.9 Å². The number of carbonyl (C=O) groups is 1. The highest BCUT2D eigenvalue weighted by atomic mass is 32.1. The number of hydrogen-bond donors (Lipinski definition) is 0. The molecule has 4 aromatic rings. The Labute approximate surface area is 175 Å². The molecule has 0 saturated carbocycles. The number of methoxy groups -OCH3 is 2. The molecule has 0 saturated heterocycles. The Bertz CT molecular complexity index is 1330. The second-order valence-corrected chi connectivity index (χ2v) is 7.55. The first-order chi connectivity index (χ1) is 14.6. The SMILES string of the molecule is COc1ccc([C@H]2c3c(oc4ccccc4c3=O)C(=O)N2c2nccs2)cc1OC. The summed E-state index contributed by atoms with van der Waals surface area (Å²) in [6, 6.07) is 11.5. The summed E-state index contributed by atoms with van der Waals surface area (Å²) in [6.45, 7) is 0. The maximum absolute atomic E-state index is 13.4. The first-order valence-corrected chi connectivity index (χ1v) is 10.0. The molecule has 2 aromatic carbocycles. The predicted molar refractivity (Wildman–Crippen MR) is 113 cm³/mol. The van der Waals surface area contributed by atoms with Gasteiger partial charge >= 0.3 is 0 Å². The number of anilines is 1. The topological polar surface area (TPSA) is 81.9 Å². The maximum atomic E-state index is 13.4. The van der Waals surface area contributed by atoms with Gasteiger partial charge in [-0.25, -0.2) is 4.98 Å². The number of hydrogen-bond acceptors (Lipinski definition) is 7. The summed E-state index contributed by atoms with van der Waals surface area (Å²) in [5, 5.41) is 2.69. The molecule has 0 unspecified atom stereocenters. The molecule has 150 valence electrons. The normalized spacial score (nSPS) is 15.5. The van der Waals surface area contributed by atoms with Crippen molar-refractivity contribution in [3.63, 3.8) is 0 Å². The number of amides is 1. The predicted octanol–water partition coefficient (Wildman–Crippen LogP) is 4.02. The minimum absolute atomic E-state index is 0.0358. The van der Waals surface area contributed by atoms with Crippen LogP contribution in [-0.2, 0) is 0 Å². The van der Waals surface area contributed by atoms with Crippen molar-refractivity contribution in [3.8, 4) is 11.5 Å². The molecule has 0 spiro atoms. The van der Waals surface area contributed by atoms with Gasteiger partial charge in [0.1, 0.15) is 5.58 Å². The molecule has 5 rings (SSSR count). The van der Waals surface area contributed by atoms with Crippen LogP contribution in [-0.4, -0.2) is 25.1 Å². The maximum Gasteiger partial charge on any atom is 0.297 e. The number of fused-ring (bicyclic) bond motifs is 2. The third-order valence-corrected chi connectivity index (χ3v) is 5.90. The molecule has 8 heteroatoms. The number of carbonyl (C=O) groups excluding carboxylic acids is 1. The molecule has 0 radical (unpaired) electrons. The van der Waals surface area contributed by atoms with Gasteiger partial charge in [0.15, 0.2) is 22.1 Å². The number of para-hydroxylation sites is 1. The van der Waals surface area contributed by atoms with Gasteiger partial charge in [-0.2, -0.15) is 0 Å². The summed E-state index contributed by atoms with van der Waals surface area (Å²) < 4.78 is 16.7. The minimum atomic E-state index is -0.695. The van der Waals surface area contributed by atoms with E-state index in [0.717, 1.165) is 0 Å². The summed E-state index contributed by atoms with van der Waals surface area (Å²) >= 11 is 1.32. The van der Waals surface area contributed by atoms with E-state index in [9.17, 15) is 9.59 Å². The van der Waals surface area contributed by atoms with Crippen LogP contribution in [0.2, 0.25) is 0 Å². The number of aromatic nitrogens is 1. The first-order valence-electron chi connectivity index (χ1n) is 9.14. The van der Waals surface area contributed by atoms with Crippen LogP contribution in [0, 0.1) is 0 Å². The van der Waals surface area contributed by atoms with Crippen molar-refractivity contribution < 1.29 is 18.7 Å². The molecule has 2 aromatic heterocycles. The van der Waals surface area contributed by atoms with E-state index >= 15 is 0 Å². The zero-order valence-corrected chi connectivity index (χ0v) is 16.9. The minimum Gasteiger partial charge on any atom is -0.493 e. The fraction of sp³-hybridized carbons (Fsp3) is 0.136. The fourth-order valence-corrected chi connectivity index (χ4v) is 4.46. The molecule has 1 aliphatic rings. The zero-order valence-electron chi connectivity index (χ0n) is 16.1. The molecule has 0 bridgehead atoms. The summed E-state index contributed by atoms with van der Waals surface area (Å²) in [5.74, 6) is 0.688. The second kappa shape index (κ2) is 7.00. The highest BCUT2D eigenvalue weighted by Crippen LogP contribution is 2.43. The zero-order chi connectivity index (χ0) is 20.8. The Morgan fingerprint density at radius 1 is 1.07 bits per heavy atom. The standard InChI is InChI=1S/C22H16N2O5S/c1-27-15-8-7-12(11-16(15)28-2)18-17-19(25)13-5-3-4-6-14(13)29-20(17)21(26)24(18)22-23-9-10-30-22/h3-11,18H,1-2H3/t18-/m0/s1. The van der Waals surface area contributed by atoms with Gasteiger partial charge < -0.3 is 13.9 Å². The summed E-state index contributed by atoms with van der Waals surface area (Å²) in [7, 11) is 3.09. The van der Waals surface area contributed by atoms with E-state index < -0.39 is 11.9 Å². The quantitative estimate of drug-likeness (QED) is 0.496. The average molecular weight is 420 g/mol. The van der Waals surface area contributed by atoms with Gasteiger partial charge in [0.25, 0.3) is 5.91 Å². The van der Waals surface area contributed by atoms with E-state index in [1.165, 1.54) is 23.3 Å². The highest BCUT2D eigenvalue weighted by molar-refractivity contribution is 7.13. The third-order valence-electron chi connectivity index (χ3n) is 5.13. The smallest absolute Gasteiger partial charge is 0.297 e. The number of rotatable bonds is 4. The Hall–Kier alpha value is -3.65. The molecule has 1 aliphatic heterocycles. The van der Waals surface area contributed by atoms with Gasteiger partial charge in [-0.15, -0.1) is 11.3 Å². The number of thiazole rings is 1. The molecule has 0 fully saturated rings. The lowest BCUT2D eigenvalue weighted by molar-refractivity contribution is 0.0971. The molecule has 0 N–H and O–H groups in total. The monoisotopic (exact) mass is 420 g/mol. The lowest BCUT2D eigenvalue weighted by atomic mass is 9.98. The number of benzene rings is 2. The first kappa shape index (κ1) is 18.4. The molecule has 3 heterocycles. The molecular weight excluding hydrogens is 404 g/mol. The summed E-state index contributed by atoms with van der Waals surface area (Å²) in [4.78, 5) is 32.6. The van der Waals surface area contributed by atoms with E-state index in [2.05, 4.69) is 4.98 Å². The van der Waals surface area contributed by atoms with Gasteiger partial charge in [0.2, 0.25) is 5.76 Å². The Balaban J connectivity index is 1.81. The van der Waals surface area contributed by atoms with Crippen molar-refractivity contribution >= 4 is 33.3 Å². The second-order valence-electron chi connectivity index (χ2n) is 6.68. The molecule has 1 amide bonds. The van der Waals surface area contributed by atoms with Crippen LogP contribution < -0.4 is 19.8 Å². The Morgan fingerprint density at radius 3 is 2.60 bits per heavy atom. The van der Waals surface area contributed by atoms with Crippen LogP contribution in [0.4, 0.5) is 5.13 Å². The molecular formula is C22H16N2O5S. The summed E-state index contributed by atoms with van der Waals surface area (Å²) in [6.07, 6.45) is 1.62. The Morgan fingerprint density at radius 2 is 1.87 bits per heavy atom. The van der Waals surface area contributed by atoms with Crippen LogP contribution in [0.15, 0.2) is 63.3 Å². The van der Waals surface area contributed by atoms with Gasteiger partial charge in [0, 0.05) is 11.6 Å². The summed E-state index contributed by atoms with van der Waals surface area (Å²) in [5.41, 5.74) is 1.12. The number of nitrogens with zero attached hydrogens (tertiary/aromatic N) is 2.